The molecule has 0 aliphatic heterocycles. The average molecular weight is 336 g/mol. The Bertz CT molecular complexity index is 590. The van der Waals surface area contributed by atoms with Crippen molar-refractivity contribution in [2.75, 3.05) is 6.54 Å². The maximum absolute atomic E-state index is 14.3. The summed E-state index contributed by atoms with van der Waals surface area (Å²) in [5, 5.41) is 3.39. The van der Waals surface area contributed by atoms with Gasteiger partial charge in [0.05, 0.1) is 6.04 Å². The van der Waals surface area contributed by atoms with Crippen LogP contribution in [-0.4, -0.2) is 6.54 Å². The van der Waals surface area contributed by atoms with Crippen molar-refractivity contribution in [2.24, 2.45) is 0 Å². The first-order chi connectivity index (χ1) is 9.56. The second-order valence-corrected chi connectivity index (χ2v) is 5.77. The van der Waals surface area contributed by atoms with Gasteiger partial charge in [-0.1, -0.05) is 47.1 Å². The van der Waals surface area contributed by atoms with Gasteiger partial charge in [0.2, 0.25) is 0 Å². The van der Waals surface area contributed by atoms with E-state index in [4.69, 9.17) is 0 Å². The van der Waals surface area contributed by atoms with Crippen molar-refractivity contribution in [1.29, 1.82) is 0 Å². The second kappa shape index (κ2) is 6.51. The minimum atomic E-state index is -0.189. The van der Waals surface area contributed by atoms with Gasteiger partial charge in [0.15, 0.2) is 0 Å². The van der Waals surface area contributed by atoms with Crippen LogP contribution >= 0.6 is 15.9 Å². The number of aryl methyl sites for hydroxylation is 1. The number of hydrogen-bond acceptors (Lipinski definition) is 1. The maximum atomic E-state index is 14.3. The van der Waals surface area contributed by atoms with E-state index < -0.39 is 0 Å². The van der Waals surface area contributed by atoms with Crippen LogP contribution in [0.15, 0.2) is 40.9 Å². The normalized spacial score (nSPS) is 12.4. The number of halogens is 2. The van der Waals surface area contributed by atoms with Crippen LogP contribution in [0.3, 0.4) is 0 Å². The van der Waals surface area contributed by atoms with Crippen LogP contribution in [0.1, 0.15) is 35.2 Å². The third-order valence-electron chi connectivity index (χ3n) is 3.65. The molecule has 0 saturated carbocycles. The fourth-order valence-corrected chi connectivity index (χ4v) is 3.02. The molecule has 0 aliphatic carbocycles. The maximum Gasteiger partial charge on any atom is 0.129 e. The van der Waals surface area contributed by atoms with Crippen molar-refractivity contribution in [1.82, 2.24) is 5.32 Å². The molecule has 0 aliphatic rings. The van der Waals surface area contributed by atoms with Gasteiger partial charge in [-0.2, -0.15) is 0 Å². The molecule has 2 aromatic carbocycles. The van der Waals surface area contributed by atoms with Crippen LogP contribution in [0.5, 0.6) is 0 Å². The van der Waals surface area contributed by atoms with Crippen LogP contribution in [-0.2, 0) is 0 Å². The lowest BCUT2D eigenvalue weighted by atomic mass is 9.92. The monoisotopic (exact) mass is 335 g/mol. The van der Waals surface area contributed by atoms with E-state index in [-0.39, 0.29) is 11.9 Å². The minimum Gasteiger partial charge on any atom is -0.306 e. The van der Waals surface area contributed by atoms with Crippen LogP contribution in [0.25, 0.3) is 0 Å². The molecule has 106 valence electrons. The molecule has 3 heteroatoms. The highest BCUT2D eigenvalue weighted by Gasteiger charge is 2.21. The highest BCUT2D eigenvalue weighted by atomic mass is 79.9. The van der Waals surface area contributed by atoms with E-state index in [9.17, 15) is 4.39 Å². The molecule has 0 amide bonds. The van der Waals surface area contributed by atoms with Crippen LogP contribution in [0.4, 0.5) is 4.39 Å². The molecular formula is C17H19BrFN. The third-order valence-corrected chi connectivity index (χ3v) is 4.35. The Morgan fingerprint density at radius 3 is 2.50 bits per heavy atom. The molecular weight excluding hydrogens is 317 g/mol. The van der Waals surface area contributed by atoms with Gasteiger partial charge in [0.1, 0.15) is 5.82 Å². The smallest absolute Gasteiger partial charge is 0.129 e. The molecule has 1 N–H and O–H groups in total. The lowest BCUT2D eigenvalue weighted by Gasteiger charge is -2.23. The number of benzene rings is 2. The number of nitrogens with one attached hydrogen (secondary N) is 1. The lowest BCUT2D eigenvalue weighted by molar-refractivity contribution is 0.555. The zero-order valence-corrected chi connectivity index (χ0v) is 13.6. The van der Waals surface area contributed by atoms with Crippen molar-refractivity contribution in [3.63, 3.8) is 0 Å². The summed E-state index contributed by atoms with van der Waals surface area (Å²) in [6.07, 6.45) is 0. The van der Waals surface area contributed by atoms with Crippen molar-refractivity contribution in [3.8, 4) is 0 Å². The van der Waals surface area contributed by atoms with Gasteiger partial charge in [-0.15, -0.1) is 0 Å². The fraction of sp³-hybridized carbons (Fsp3) is 0.294. The molecule has 0 fully saturated rings. The summed E-state index contributed by atoms with van der Waals surface area (Å²) in [5.41, 5.74) is 4.21. The highest BCUT2D eigenvalue weighted by molar-refractivity contribution is 9.10. The van der Waals surface area contributed by atoms with Gasteiger partial charge < -0.3 is 5.32 Å². The van der Waals surface area contributed by atoms with Gasteiger partial charge in [-0.3, -0.25) is 0 Å². The zero-order chi connectivity index (χ0) is 14.7. The minimum absolute atomic E-state index is 0.143. The third kappa shape index (κ3) is 2.94. The second-order valence-electron chi connectivity index (χ2n) is 4.92. The van der Waals surface area contributed by atoms with E-state index in [0.717, 1.165) is 16.6 Å². The molecule has 2 rings (SSSR count). The molecule has 20 heavy (non-hydrogen) atoms. The Kier molecular flexibility index (Phi) is 4.95. The highest BCUT2D eigenvalue weighted by Crippen LogP contribution is 2.33. The summed E-state index contributed by atoms with van der Waals surface area (Å²) in [5.74, 6) is -0.189. The van der Waals surface area contributed by atoms with Gasteiger partial charge in [0, 0.05) is 10.0 Å². The Morgan fingerprint density at radius 2 is 1.85 bits per heavy atom. The number of rotatable bonds is 4. The van der Waals surface area contributed by atoms with E-state index in [1.165, 1.54) is 17.2 Å². The molecule has 0 aromatic heterocycles. The van der Waals surface area contributed by atoms with E-state index in [2.05, 4.69) is 47.2 Å². The Labute approximate surface area is 128 Å². The molecule has 0 spiro atoms. The van der Waals surface area contributed by atoms with Crippen molar-refractivity contribution >= 4 is 15.9 Å². The summed E-state index contributed by atoms with van der Waals surface area (Å²) in [6, 6.07) is 11.1. The molecule has 1 atom stereocenters. The summed E-state index contributed by atoms with van der Waals surface area (Å²) < 4.78 is 15.1. The average Bonchev–Trinajstić information content (AvgIpc) is 2.41. The summed E-state index contributed by atoms with van der Waals surface area (Å²) >= 11 is 3.48. The van der Waals surface area contributed by atoms with Crippen molar-refractivity contribution in [3.05, 3.63) is 68.9 Å². The molecule has 2 aromatic rings. The van der Waals surface area contributed by atoms with Gasteiger partial charge in [0.25, 0.3) is 0 Å². The summed E-state index contributed by atoms with van der Waals surface area (Å²) in [7, 11) is 0. The number of hydrogen-bond donors (Lipinski definition) is 1. The SMILES string of the molecule is CCNC(c1cccc(C)c1C)c1c(F)cccc1Br. The Morgan fingerprint density at radius 1 is 1.15 bits per heavy atom. The topological polar surface area (TPSA) is 12.0 Å². The lowest BCUT2D eigenvalue weighted by Crippen LogP contribution is -2.24. The predicted octanol–water partition coefficient (Wildman–Crippen LogP) is 4.90. The molecule has 1 nitrogen and oxygen atoms in total. The van der Waals surface area contributed by atoms with Gasteiger partial charge in [-0.05, 0) is 49.2 Å². The zero-order valence-electron chi connectivity index (χ0n) is 12.0. The van der Waals surface area contributed by atoms with E-state index in [1.54, 1.807) is 6.07 Å². The Hall–Kier alpha value is -1.19. The van der Waals surface area contributed by atoms with E-state index >= 15 is 0 Å². The molecule has 1 unspecified atom stereocenters. The van der Waals surface area contributed by atoms with Crippen LogP contribution in [0.2, 0.25) is 0 Å². The standard InChI is InChI=1S/C17H19BrFN/c1-4-20-17(13-8-5-7-11(2)12(13)3)16-14(18)9-6-10-15(16)19/h5-10,17,20H,4H2,1-3H3. The largest absolute Gasteiger partial charge is 0.306 e. The first kappa shape index (κ1) is 15.2. The van der Waals surface area contributed by atoms with Gasteiger partial charge >= 0.3 is 0 Å². The molecule has 0 saturated heterocycles. The van der Waals surface area contributed by atoms with Crippen molar-refractivity contribution in [2.45, 2.75) is 26.8 Å². The van der Waals surface area contributed by atoms with Crippen LogP contribution in [0, 0.1) is 19.7 Å². The Balaban J connectivity index is 2.60. The first-order valence-corrected chi connectivity index (χ1v) is 7.59. The molecule has 0 heterocycles. The molecule has 0 radical (unpaired) electrons. The quantitative estimate of drug-likeness (QED) is 0.837. The fourth-order valence-electron chi connectivity index (χ4n) is 2.44. The van der Waals surface area contributed by atoms with Crippen LogP contribution < -0.4 is 5.32 Å². The summed E-state index contributed by atoms with van der Waals surface area (Å²) in [6.45, 7) is 6.98. The van der Waals surface area contributed by atoms with E-state index in [1.807, 2.05) is 19.1 Å². The predicted molar refractivity (Wildman–Crippen MR) is 85.5 cm³/mol. The summed E-state index contributed by atoms with van der Waals surface area (Å²) in [4.78, 5) is 0. The van der Waals surface area contributed by atoms with Crippen molar-refractivity contribution < 1.29 is 4.39 Å². The van der Waals surface area contributed by atoms with E-state index in [0.29, 0.717) is 5.56 Å². The van der Waals surface area contributed by atoms with Gasteiger partial charge in [-0.25, -0.2) is 4.39 Å². The first-order valence-electron chi connectivity index (χ1n) is 6.79. The molecule has 0 bridgehead atoms.